The lowest BCUT2D eigenvalue weighted by Gasteiger charge is -2.10. The molecule has 1 atom stereocenters. The Hall–Kier alpha value is -0.0800. The first-order valence-corrected chi connectivity index (χ1v) is 4.25. The fourth-order valence-corrected chi connectivity index (χ4v) is 1.45. The molecule has 0 aliphatic carbocycles. The minimum atomic E-state index is 0.768. The van der Waals surface area contributed by atoms with Crippen molar-refractivity contribution in [1.82, 2.24) is 10.2 Å². The van der Waals surface area contributed by atoms with Gasteiger partial charge in [0.25, 0.3) is 0 Å². The third-order valence-corrected chi connectivity index (χ3v) is 2.07. The Morgan fingerprint density at radius 1 is 1.60 bits per heavy atom. The predicted molar refractivity (Wildman–Crippen MR) is 44.2 cm³/mol. The molecule has 10 heavy (non-hydrogen) atoms. The number of hydrogen-bond donors (Lipinski definition) is 1. The van der Waals surface area contributed by atoms with Gasteiger partial charge >= 0.3 is 0 Å². The second-order valence-electron chi connectivity index (χ2n) is 3.20. The Labute approximate surface area is 63.6 Å². The lowest BCUT2D eigenvalue weighted by Crippen LogP contribution is -2.31. The number of hydrogen-bond acceptors (Lipinski definition) is 2. The van der Waals surface area contributed by atoms with E-state index in [-0.39, 0.29) is 0 Å². The van der Waals surface area contributed by atoms with Gasteiger partial charge in [0, 0.05) is 12.6 Å². The summed E-state index contributed by atoms with van der Waals surface area (Å²) in [5.74, 6) is 0. The first-order chi connectivity index (χ1) is 4.83. The van der Waals surface area contributed by atoms with E-state index in [1.807, 2.05) is 0 Å². The first-order valence-electron chi connectivity index (χ1n) is 4.25. The van der Waals surface area contributed by atoms with Crippen molar-refractivity contribution in [2.45, 2.75) is 25.8 Å². The summed E-state index contributed by atoms with van der Waals surface area (Å²) in [6.45, 7) is 5.89. The average Bonchev–Trinajstić information content (AvgIpc) is 2.31. The van der Waals surface area contributed by atoms with E-state index < -0.39 is 0 Å². The largest absolute Gasteiger partial charge is 0.313 e. The third kappa shape index (κ3) is 2.27. The molecule has 0 radical (unpaired) electrons. The number of likely N-dealkylation sites (N-methyl/N-ethyl adjacent to an activating group) is 1. The molecule has 1 fully saturated rings. The van der Waals surface area contributed by atoms with Crippen LogP contribution in [0.15, 0.2) is 0 Å². The van der Waals surface area contributed by atoms with E-state index >= 15 is 0 Å². The van der Waals surface area contributed by atoms with Gasteiger partial charge in [0.05, 0.1) is 0 Å². The summed E-state index contributed by atoms with van der Waals surface area (Å²) in [6, 6.07) is 0.768. The van der Waals surface area contributed by atoms with Crippen LogP contribution in [0.4, 0.5) is 0 Å². The maximum absolute atomic E-state index is 3.52. The molecule has 0 aromatic rings. The van der Waals surface area contributed by atoms with Gasteiger partial charge in [-0.05, 0) is 33.0 Å². The van der Waals surface area contributed by atoms with Crippen molar-refractivity contribution < 1.29 is 0 Å². The second-order valence-corrected chi connectivity index (χ2v) is 3.20. The molecule has 0 unspecified atom stereocenters. The lowest BCUT2D eigenvalue weighted by molar-refractivity contribution is 0.398. The van der Waals surface area contributed by atoms with Crippen LogP contribution >= 0.6 is 0 Å². The van der Waals surface area contributed by atoms with Gasteiger partial charge in [-0.15, -0.1) is 0 Å². The van der Waals surface area contributed by atoms with Gasteiger partial charge < -0.3 is 10.2 Å². The lowest BCUT2D eigenvalue weighted by atomic mass is 10.2. The summed E-state index contributed by atoms with van der Waals surface area (Å²) >= 11 is 0. The van der Waals surface area contributed by atoms with Crippen LogP contribution in [0.5, 0.6) is 0 Å². The maximum Gasteiger partial charge on any atom is 0.0207 e. The smallest absolute Gasteiger partial charge is 0.0207 e. The van der Waals surface area contributed by atoms with Crippen LogP contribution in [0.25, 0.3) is 0 Å². The molecule has 1 aliphatic rings. The average molecular weight is 142 g/mol. The van der Waals surface area contributed by atoms with E-state index in [2.05, 4.69) is 24.2 Å². The van der Waals surface area contributed by atoms with Crippen molar-refractivity contribution in [3.05, 3.63) is 0 Å². The molecule has 0 bridgehead atoms. The standard InChI is InChI=1S/C8H18N2/c1-3-5-9-8-4-6-10(2)7-8/h8-9H,3-7H2,1-2H3/t8-/m0/s1. The van der Waals surface area contributed by atoms with E-state index in [9.17, 15) is 0 Å². The number of nitrogens with zero attached hydrogens (tertiary/aromatic N) is 1. The molecule has 2 heteroatoms. The van der Waals surface area contributed by atoms with Gasteiger partial charge in [0.1, 0.15) is 0 Å². The van der Waals surface area contributed by atoms with E-state index in [0.717, 1.165) is 6.04 Å². The zero-order valence-corrected chi connectivity index (χ0v) is 7.06. The molecule has 0 aromatic heterocycles. The summed E-state index contributed by atoms with van der Waals surface area (Å²) in [6.07, 6.45) is 2.58. The topological polar surface area (TPSA) is 15.3 Å². The summed E-state index contributed by atoms with van der Waals surface area (Å²) in [5, 5.41) is 3.52. The molecule has 1 rings (SSSR count). The highest BCUT2D eigenvalue weighted by atomic mass is 15.2. The summed E-state index contributed by atoms with van der Waals surface area (Å²) in [4.78, 5) is 2.38. The number of likely N-dealkylation sites (tertiary alicyclic amines) is 1. The molecule has 1 saturated heterocycles. The van der Waals surface area contributed by atoms with E-state index in [1.54, 1.807) is 0 Å². The Balaban J connectivity index is 2.06. The highest BCUT2D eigenvalue weighted by molar-refractivity contribution is 4.78. The Morgan fingerprint density at radius 2 is 2.40 bits per heavy atom. The van der Waals surface area contributed by atoms with Gasteiger partial charge in [0.15, 0.2) is 0 Å². The molecular formula is C8H18N2. The van der Waals surface area contributed by atoms with Crippen LogP contribution in [0.2, 0.25) is 0 Å². The molecular weight excluding hydrogens is 124 g/mol. The highest BCUT2D eigenvalue weighted by Gasteiger charge is 2.17. The normalized spacial score (nSPS) is 27.6. The number of nitrogens with one attached hydrogen (secondary N) is 1. The zero-order valence-electron chi connectivity index (χ0n) is 7.06. The van der Waals surface area contributed by atoms with Crippen molar-refractivity contribution in [2.75, 3.05) is 26.7 Å². The minimum absolute atomic E-state index is 0.768. The summed E-state index contributed by atoms with van der Waals surface area (Å²) in [7, 11) is 2.19. The number of rotatable bonds is 3. The monoisotopic (exact) mass is 142 g/mol. The fourth-order valence-electron chi connectivity index (χ4n) is 1.45. The van der Waals surface area contributed by atoms with Crippen LogP contribution in [0, 0.1) is 0 Å². The van der Waals surface area contributed by atoms with Crippen molar-refractivity contribution in [2.24, 2.45) is 0 Å². The molecule has 1 heterocycles. The molecule has 1 N–H and O–H groups in total. The molecule has 1 aliphatic heterocycles. The molecule has 0 saturated carbocycles. The summed E-state index contributed by atoms with van der Waals surface area (Å²) in [5.41, 5.74) is 0. The third-order valence-electron chi connectivity index (χ3n) is 2.07. The van der Waals surface area contributed by atoms with E-state index in [4.69, 9.17) is 0 Å². The Morgan fingerprint density at radius 3 is 2.90 bits per heavy atom. The fraction of sp³-hybridized carbons (Fsp3) is 1.00. The molecule has 0 spiro atoms. The van der Waals surface area contributed by atoms with Crippen molar-refractivity contribution in [3.63, 3.8) is 0 Å². The first kappa shape index (κ1) is 8.02. The van der Waals surface area contributed by atoms with E-state index in [1.165, 1.54) is 32.5 Å². The van der Waals surface area contributed by atoms with Crippen LogP contribution in [-0.2, 0) is 0 Å². The van der Waals surface area contributed by atoms with E-state index in [0.29, 0.717) is 0 Å². The predicted octanol–water partition coefficient (Wildman–Crippen LogP) is 0.690. The molecule has 2 nitrogen and oxygen atoms in total. The summed E-state index contributed by atoms with van der Waals surface area (Å²) < 4.78 is 0. The van der Waals surface area contributed by atoms with Crippen LogP contribution in [0.1, 0.15) is 19.8 Å². The van der Waals surface area contributed by atoms with Crippen LogP contribution in [-0.4, -0.2) is 37.6 Å². The second kappa shape index (κ2) is 3.94. The Bertz CT molecular complexity index is 93.3. The van der Waals surface area contributed by atoms with Crippen molar-refractivity contribution in [3.8, 4) is 0 Å². The van der Waals surface area contributed by atoms with Crippen molar-refractivity contribution in [1.29, 1.82) is 0 Å². The maximum atomic E-state index is 3.52. The molecule has 60 valence electrons. The van der Waals surface area contributed by atoms with Gasteiger partial charge in [-0.3, -0.25) is 0 Å². The zero-order chi connectivity index (χ0) is 7.40. The molecule has 0 aromatic carbocycles. The minimum Gasteiger partial charge on any atom is -0.313 e. The van der Waals surface area contributed by atoms with Crippen LogP contribution in [0.3, 0.4) is 0 Å². The highest BCUT2D eigenvalue weighted by Crippen LogP contribution is 2.05. The van der Waals surface area contributed by atoms with Gasteiger partial charge in [-0.1, -0.05) is 6.92 Å². The SMILES string of the molecule is CCCN[C@H]1CCN(C)C1. The Kier molecular flexibility index (Phi) is 3.16. The quantitative estimate of drug-likeness (QED) is 0.623. The van der Waals surface area contributed by atoms with Gasteiger partial charge in [-0.25, -0.2) is 0 Å². The van der Waals surface area contributed by atoms with Crippen molar-refractivity contribution >= 4 is 0 Å². The van der Waals surface area contributed by atoms with Crippen LogP contribution < -0.4 is 5.32 Å². The van der Waals surface area contributed by atoms with Gasteiger partial charge in [0.2, 0.25) is 0 Å². The van der Waals surface area contributed by atoms with Gasteiger partial charge in [-0.2, -0.15) is 0 Å². The molecule has 0 amide bonds.